The number of hydrogen-bond acceptors (Lipinski definition) is 3. The van der Waals surface area contributed by atoms with E-state index in [0.717, 1.165) is 12.1 Å². The van der Waals surface area contributed by atoms with Gasteiger partial charge in [-0.1, -0.05) is 22.0 Å². The molecule has 2 rings (SSSR count). The van der Waals surface area contributed by atoms with E-state index >= 15 is 0 Å². The minimum atomic E-state index is -0.706. The summed E-state index contributed by atoms with van der Waals surface area (Å²) in [5.41, 5.74) is 0.449. The number of carbonyl (C=O) groups excluding carboxylic acids is 2. The molecule has 0 fully saturated rings. The zero-order valence-electron chi connectivity index (χ0n) is 11.8. The summed E-state index contributed by atoms with van der Waals surface area (Å²) in [5.74, 6) is -2.19. The number of carbonyl (C=O) groups is 2. The van der Waals surface area contributed by atoms with Gasteiger partial charge in [-0.2, -0.15) is 0 Å². The van der Waals surface area contributed by atoms with Crippen LogP contribution in [-0.2, 0) is 16.1 Å². The summed E-state index contributed by atoms with van der Waals surface area (Å²) < 4.78 is 31.8. The lowest BCUT2D eigenvalue weighted by molar-refractivity contribution is -0.143. The van der Waals surface area contributed by atoms with Gasteiger partial charge in [-0.05, 0) is 36.4 Å². The molecule has 2 aromatic rings. The van der Waals surface area contributed by atoms with Crippen molar-refractivity contribution in [2.75, 3.05) is 6.54 Å². The Hall–Kier alpha value is -2.28. The number of hydrogen-bond donors (Lipinski definition) is 1. The third-order valence-electron chi connectivity index (χ3n) is 2.90. The number of benzene rings is 2. The first kappa shape index (κ1) is 17.1. The van der Waals surface area contributed by atoms with Crippen molar-refractivity contribution in [1.29, 1.82) is 0 Å². The zero-order chi connectivity index (χ0) is 16.8. The van der Waals surface area contributed by atoms with Crippen LogP contribution in [0.2, 0.25) is 0 Å². The van der Waals surface area contributed by atoms with E-state index in [-0.39, 0.29) is 24.3 Å². The molecule has 0 heterocycles. The Morgan fingerprint density at radius 1 is 1.09 bits per heavy atom. The monoisotopic (exact) mass is 383 g/mol. The molecular formula is C16H12BrF2NO3. The summed E-state index contributed by atoms with van der Waals surface area (Å²) in [6.07, 6.45) is 0. The Kier molecular flexibility index (Phi) is 5.81. The van der Waals surface area contributed by atoms with Gasteiger partial charge in [0.1, 0.15) is 24.8 Å². The molecule has 0 aliphatic carbocycles. The molecule has 120 valence electrons. The molecule has 2 aromatic carbocycles. The van der Waals surface area contributed by atoms with Crippen LogP contribution in [0.5, 0.6) is 0 Å². The third-order valence-corrected chi connectivity index (χ3v) is 3.40. The maximum atomic E-state index is 13.5. The number of amides is 1. The molecule has 0 unspecified atom stereocenters. The lowest BCUT2D eigenvalue weighted by Crippen LogP contribution is -2.30. The van der Waals surface area contributed by atoms with Gasteiger partial charge < -0.3 is 10.1 Å². The zero-order valence-corrected chi connectivity index (χ0v) is 13.4. The van der Waals surface area contributed by atoms with Gasteiger partial charge in [-0.3, -0.25) is 9.59 Å². The van der Waals surface area contributed by atoms with Crippen LogP contribution < -0.4 is 5.32 Å². The molecule has 0 aromatic heterocycles. The van der Waals surface area contributed by atoms with Gasteiger partial charge in [-0.25, -0.2) is 8.78 Å². The van der Waals surface area contributed by atoms with Crippen molar-refractivity contribution in [2.45, 2.75) is 6.61 Å². The van der Waals surface area contributed by atoms with Crippen LogP contribution in [0.4, 0.5) is 8.78 Å². The van der Waals surface area contributed by atoms with E-state index in [4.69, 9.17) is 4.74 Å². The number of nitrogens with one attached hydrogen (secondary N) is 1. The SMILES string of the molecule is O=C(CNC(=O)c1ccc(F)cc1)OCc1ccc(Br)cc1F. The molecule has 0 spiro atoms. The second-order valence-electron chi connectivity index (χ2n) is 4.59. The smallest absolute Gasteiger partial charge is 0.325 e. The first-order chi connectivity index (χ1) is 11.0. The average Bonchev–Trinajstić information content (AvgIpc) is 2.52. The maximum absolute atomic E-state index is 13.5. The lowest BCUT2D eigenvalue weighted by Gasteiger charge is -2.07. The fourth-order valence-corrected chi connectivity index (χ4v) is 2.04. The van der Waals surface area contributed by atoms with Gasteiger partial charge >= 0.3 is 5.97 Å². The van der Waals surface area contributed by atoms with Crippen molar-refractivity contribution < 1.29 is 23.1 Å². The molecule has 7 heteroatoms. The number of esters is 1. The Morgan fingerprint density at radius 2 is 1.78 bits per heavy atom. The minimum Gasteiger partial charge on any atom is -0.459 e. The minimum absolute atomic E-state index is 0.221. The molecule has 23 heavy (non-hydrogen) atoms. The quantitative estimate of drug-likeness (QED) is 0.806. The highest BCUT2D eigenvalue weighted by atomic mass is 79.9. The van der Waals surface area contributed by atoms with Crippen molar-refractivity contribution in [3.05, 3.63) is 69.7 Å². The van der Waals surface area contributed by atoms with Crippen LogP contribution in [0.25, 0.3) is 0 Å². The highest BCUT2D eigenvalue weighted by Gasteiger charge is 2.10. The van der Waals surface area contributed by atoms with Crippen LogP contribution in [0.15, 0.2) is 46.9 Å². The Morgan fingerprint density at radius 3 is 2.43 bits per heavy atom. The summed E-state index contributed by atoms with van der Waals surface area (Å²) in [6, 6.07) is 9.26. The molecule has 0 aliphatic rings. The van der Waals surface area contributed by atoms with Crippen molar-refractivity contribution >= 4 is 27.8 Å². The molecule has 0 saturated heterocycles. The van der Waals surface area contributed by atoms with Crippen molar-refractivity contribution in [2.24, 2.45) is 0 Å². The standard InChI is InChI=1S/C16H12BrF2NO3/c17-12-4-1-11(14(19)7-12)9-23-15(21)8-20-16(22)10-2-5-13(18)6-3-10/h1-7H,8-9H2,(H,20,22). The molecule has 1 N–H and O–H groups in total. The fourth-order valence-electron chi connectivity index (χ4n) is 1.70. The largest absolute Gasteiger partial charge is 0.459 e. The Bertz CT molecular complexity index is 720. The van der Waals surface area contributed by atoms with Crippen LogP contribution in [0, 0.1) is 11.6 Å². The number of ether oxygens (including phenoxy) is 1. The topological polar surface area (TPSA) is 55.4 Å². The highest BCUT2D eigenvalue weighted by Crippen LogP contribution is 2.15. The molecule has 0 radical (unpaired) electrons. The fraction of sp³-hybridized carbons (Fsp3) is 0.125. The van der Waals surface area contributed by atoms with Crippen LogP contribution in [0.3, 0.4) is 0 Å². The Balaban J connectivity index is 1.81. The van der Waals surface area contributed by atoms with Crippen LogP contribution in [-0.4, -0.2) is 18.4 Å². The second-order valence-corrected chi connectivity index (χ2v) is 5.50. The summed E-state index contributed by atoms with van der Waals surface area (Å²) in [6.45, 7) is -0.598. The summed E-state index contributed by atoms with van der Waals surface area (Å²) in [4.78, 5) is 23.3. The van der Waals surface area contributed by atoms with Gasteiger partial charge in [0.25, 0.3) is 5.91 Å². The summed E-state index contributed by atoms with van der Waals surface area (Å²) >= 11 is 3.13. The molecular weight excluding hydrogens is 372 g/mol. The van der Waals surface area contributed by atoms with E-state index in [2.05, 4.69) is 21.2 Å². The van der Waals surface area contributed by atoms with Crippen LogP contribution in [0.1, 0.15) is 15.9 Å². The highest BCUT2D eigenvalue weighted by molar-refractivity contribution is 9.10. The van der Waals surface area contributed by atoms with E-state index in [9.17, 15) is 18.4 Å². The number of rotatable bonds is 5. The van der Waals surface area contributed by atoms with Gasteiger partial charge in [0.15, 0.2) is 0 Å². The molecule has 0 bridgehead atoms. The van der Waals surface area contributed by atoms with E-state index in [1.165, 1.54) is 24.3 Å². The first-order valence-electron chi connectivity index (χ1n) is 6.59. The third kappa shape index (κ3) is 5.14. The maximum Gasteiger partial charge on any atom is 0.325 e. The Labute approximate surface area is 139 Å². The van der Waals surface area contributed by atoms with Gasteiger partial charge in [0.2, 0.25) is 0 Å². The van der Waals surface area contributed by atoms with Gasteiger partial charge in [0, 0.05) is 15.6 Å². The predicted molar refractivity (Wildman–Crippen MR) is 82.6 cm³/mol. The number of halogens is 3. The normalized spacial score (nSPS) is 10.2. The van der Waals surface area contributed by atoms with E-state index in [1.54, 1.807) is 6.07 Å². The van der Waals surface area contributed by atoms with E-state index in [1.807, 2.05) is 0 Å². The second kappa shape index (κ2) is 7.82. The molecule has 4 nitrogen and oxygen atoms in total. The molecule has 0 saturated carbocycles. The van der Waals surface area contributed by atoms with Crippen molar-refractivity contribution in [1.82, 2.24) is 5.32 Å². The van der Waals surface area contributed by atoms with Crippen LogP contribution >= 0.6 is 15.9 Å². The van der Waals surface area contributed by atoms with Gasteiger partial charge in [-0.15, -0.1) is 0 Å². The summed E-state index contributed by atoms with van der Waals surface area (Å²) in [7, 11) is 0. The average molecular weight is 384 g/mol. The van der Waals surface area contributed by atoms with Gasteiger partial charge in [0.05, 0.1) is 0 Å². The molecule has 1 amide bonds. The molecule has 0 atom stereocenters. The van der Waals surface area contributed by atoms with Crippen molar-refractivity contribution in [3.8, 4) is 0 Å². The van der Waals surface area contributed by atoms with E-state index < -0.39 is 23.5 Å². The van der Waals surface area contributed by atoms with E-state index in [0.29, 0.717) is 4.47 Å². The first-order valence-corrected chi connectivity index (χ1v) is 7.38. The summed E-state index contributed by atoms with van der Waals surface area (Å²) in [5, 5.41) is 2.34. The molecule has 0 aliphatic heterocycles. The lowest BCUT2D eigenvalue weighted by atomic mass is 10.2. The van der Waals surface area contributed by atoms with Crippen molar-refractivity contribution in [3.63, 3.8) is 0 Å². The predicted octanol–water partition coefficient (Wildman–Crippen LogP) is 3.20.